The lowest BCUT2D eigenvalue weighted by Crippen LogP contribution is -2.36. The molecule has 2 aromatic rings. The zero-order chi connectivity index (χ0) is 16.8. The number of hydrogen-bond donors (Lipinski definition) is 2. The molecule has 2 unspecified atom stereocenters. The first-order valence-electron chi connectivity index (χ1n) is 8.51. The average Bonchev–Trinajstić information content (AvgIpc) is 3.25. The van der Waals surface area contributed by atoms with E-state index in [4.69, 9.17) is 0 Å². The molecule has 2 atom stereocenters. The third-order valence-electron chi connectivity index (χ3n) is 4.54. The van der Waals surface area contributed by atoms with Gasteiger partial charge < -0.3 is 10.6 Å². The standard InChI is InChI=1S/C17H24N6O/c1-13-20-21-22-23(13)16(11-14-5-3-2-4-6-14)17(24)19-10-8-15-7-9-18-12-15/h2-6,15-16,18H,7-12H2,1H3,(H,19,24). The second kappa shape index (κ2) is 8.01. The molecule has 0 aliphatic carbocycles. The van der Waals surface area contributed by atoms with Crippen LogP contribution in [0.15, 0.2) is 30.3 Å². The fraction of sp³-hybridized carbons (Fsp3) is 0.529. The van der Waals surface area contributed by atoms with E-state index in [-0.39, 0.29) is 5.91 Å². The summed E-state index contributed by atoms with van der Waals surface area (Å²) in [6, 6.07) is 9.53. The number of carbonyl (C=O) groups is 1. The van der Waals surface area contributed by atoms with Crippen molar-refractivity contribution in [3.63, 3.8) is 0 Å². The molecule has 2 heterocycles. The van der Waals surface area contributed by atoms with Gasteiger partial charge in [0.05, 0.1) is 0 Å². The number of carbonyl (C=O) groups excluding carboxylic acids is 1. The molecule has 0 radical (unpaired) electrons. The molecule has 1 aromatic carbocycles. The van der Waals surface area contributed by atoms with E-state index in [0.717, 1.165) is 25.1 Å². The Bertz CT molecular complexity index is 650. The molecule has 1 aliphatic rings. The minimum atomic E-state index is -0.427. The normalized spacial score (nSPS) is 18.5. The lowest BCUT2D eigenvalue weighted by atomic mass is 10.0. The summed E-state index contributed by atoms with van der Waals surface area (Å²) in [6.45, 7) is 4.64. The van der Waals surface area contributed by atoms with E-state index in [1.165, 1.54) is 6.42 Å². The molecule has 7 heteroatoms. The summed E-state index contributed by atoms with van der Waals surface area (Å²) in [4.78, 5) is 12.7. The maximum atomic E-state index is 12.7. The van der Waals surface area contributed by atoms with E-state index in [2.05, 4.69) is 26.2 Å². The van der Waals surface area contributed by atoms with Crippen molar-refractivity contribution in [1.82, 2.24) is 30.8 Å². The summed E-state index contributed by atoms with van der Waals surface area (Å²) in [6.07, 6.45) is 2.77. The van der Waals surface area contributed by atoms with Gasteiger partial charge >= 0.3 is 0 Å². The van der Waals surface area contributed by atoms with Crippen LogP contribution in [-0.2, 0) is 11.2 Å². The van der Waals surface area contributed by atoms with E-state index in [1.54, 1.807) is 4.68 Å². The van der Waals surface area contributed by atoms with Gasteiger partial charge in [-0.15, -0.1) is 5.10 Å². The van der Waals surface area contributed by atoms with E-state index in [1.807, 2.05) is 37.3 Å². The number of rotatable bonds is 7. The number of aryl methyl sites for hydroxylation is 1. The van der Waals surface area contributed by atoms with Gasteiger partial charge in [0.15, 0.2) is 0 Å². The van der Waals surface area contributed by atoms with Gasteiger partial charge in [-0.1, -0.05) is 30.3 Å². The third-order valence-corrected chi connectivity index (χ3v) is 4.54. The van der Waals surface area contributed by atoms with E-state index in [9.17, 15) is 4.79 Å². The molecule has 7 nitrogen and oxygen atoms in total. The van der Waals surface area contributed by atoms with Crippen molar-refractivity contribution in [2.75, 3.05) is 19.6 Å². The first-order chi connectivity index (χ1) is 11.7. The lowest BCUT2D eigenvalue weighted by Gasteiger charge is -2.18. The van der Waals surface area contributed by atoms with Crippen LogP contribution >= 0.6 is 0 Å². The highest BCUT2D eigenvalue weighted by Gasteiger charge is 2.24. The number of benzene rings is 1. The fourth-order valence-corrected chi connectivity index (χ4v) is 3.13. The van der Waals surface area contributed by atoms with E-state index in [0.29, 0.717) is 24.7 Å². The molecule has 24 heavy (non-hydrogen) atoms. The second-order valence-electron chi connectivity index (χ2n) is 6.31. The number of tetrazole rings is 1. The minimum Gasteiger partial charge on any atom is -0.354 e. The van der Waals surface area contributed by atoms with Crippen molar-refractivity contribution in [1.29, 1.82) is 0 Å². The van der Waals surface area contributed by atoms with Crippen LogP contribution in [0.1, 0.15) is 30.3 Å². The Morgan fingerprint density at radius 3 is 2.92 bits per heavy atom. The van der Waals surface area contributed by atoms with Crippen LogP contribution in [0.25, 0.3) is 0 Å². The highest BCUT2D eigenvalue weighted by Crippen LogP contribution is 2.16. The molecule has 1 amide bonds. The Morgan fingerprint density at radius 2 is 2.25 bits per heavy atom. The predicted octanol–water partition coefficient (Wildman–Crippen LogP) is 0.881. The maximum absolute atomic E-state index is 12.7. The molecule has 0 spiro atoms. The fourth-order valence-electron chi connectivity index (χ4n) is 3.13. The Morgan fingerprint density at radius 1 is 1.42 bits per heavy atom. The van der Waals surface area contributed by atoms with E-state index >= 15 is 0 Å². The maximum Gasteiger partial charge on any atom is 0.245 e. The molecular formula is C17H24N6O. The van der Waals surface area contributed by atoms with Crippen LogP contribution in [0.5, 0.6) is 0 Å². The topological polar surface area (TPSA) is 84.7 Å². The summed E-state index contributed by atoms with van der Waals surface area (Å²) < 4.78 is 1.61. The summed E-state index contributed by atoms with van der Waals surface area (Å²) in [5.74, 6) is 1.28. The van der Waals surface area contributed by atoms with Gasteiger partial charge in [0.2, 0.25) is 5.91 Å². The summed E-state index contributed by atoms with van der Waals surface area (Å²) in [7, 11) is 0. The van der Waals surface area contributed by atoms with Crippen molar-refractivity contribution in [2.45, 2.75) is 32.2 Å². The summed E-state index contributed by atoms with van der Waals surface area (Å²) in [5.41, 5.74) is 1.09. The number of amides is 1. The van der Waals surface area contributed by atoms with Gasteiger partial charge in [0, 0.05) is 13.0 Å². The molecule has 1 fully saturated rings. The Labute approximate surface area is 141 Å². The van der Waals surface area contributed by atoms with Gasteiger partial charge in [0.1, 0.15) is 11.9 Å². The van der Waals surface area contributed by atoms with Gasteiger partial charge in [-0.25, -0.2) is 4.68 Å². The molecule has 0 saturated carbocycles. The van der Waals surface area contributed by atoms with Crippen LogP contribution in [0.2, 0.25) is 0 Å². The molecule has 1 aromatic heterocycles. The van der Waals surface area contributed by atoms with Crippen molar-refractivity contribution >= 4 is 5.91 Å². The average molecular weight is 328 g/mol. The molecule has 1 aliphatic heterocycles. The first kappa shape index (κ1) is 16.6. The first-order valence-corrected chi connectivity index (χ1v) is 8.51. The van der Waals surface area contributed by atoms with Gasteiger partial charge in [0.25, 0.3) is 0 Å². The van der Waals surface area contributed by atoms with Crippen molar-refractivity contribution in [3.05, 3.63) is 41.7 Å². The van der Waals surface area contributed by atoms with Crippen molar-refractivity contribution in [3.8, 4) is 0 Å². The number of aromatic nitrogens is 4. The van der Waals surface area contributed by atoms with Gasteiger partial charge in [-0.05, 0) is 54.8 Å². The predicted molar refractivity (Wildman–Crippen MR) is 90.3 cm³/mol. The van der Waals surface area contributed by atoms with Crippen molar-refractivity contribution in [2.24, 2.45) is 5.92 Å². The van der Waals surface area contributed by atoms with E-state index < -0.39 is 6.04 Å². The zero-order valence-corrected chi connectivity index (χ0v) is 14.0. The molecule has 1 saturated heterocycles. The van der Waals surface area contributed by atoms with Crippen LogP contribution in [-0.4, -0.2) is 45.7 Å². The molecule has 2 N–H and O–H groups in total. The van der Waals surface area contributed by atoms with Gasteiger partial charge in [-0.2, -0.15) is 0 Å². The Balaban J connectivity index is 1.64. The summed E-state index contributed by atoms with van der Waals surface area (Å²) in [5, 5.41) is 18.0. The van der Waals surface area contributed by atoms with Crippen LogP contribution in [0.4, 0.5) is 0 Å². The lowest BCUT2D eigenvalue weighted by molar-refractivity contribution is -0.124. The van der Waals surface area contributed by atoms with Gasteiger partial charge in [-0.3, -0.25) is 4.79 Å². The molecule has 3 rings (SSSR count). The highest BCUT2D eigenvalue weighted by atomic mass is 16.2. The van der Waals surface area contributed by atoms with Crippen LogP contribution in [0.3, 0.4) is 0 Å². The SMILES string of the molecule is Cc1nnnn1C(Cc1ccccc1)C(=O)NCCC1CCNC1. The Hall–Kier alpha value is -2.28. The third kappa shape index (κ3) is 4.17. The van der Waals surface area contributed by atoms with Crippen molar-refractivity contribution < 1.29 is 4.79 Å². The monoisotopic (exact) mass is 328 g/mol. The van der Waals surface area contributed by atoms with Crippen LogP contribution < -0.4 is 10.6 Å². The summed E-state index contributed by atoms with van der Waals surface area (Å²) >= 11 is 0. The zero-order valence-electron chi connectivity index (χ0n) is 14.0. The quantitative estimate of drug-likeness (QED) is 0.788. The molecule has 0 bridgehead atoms. The minimum absolute atomic E-state index is 0.0276. The molecule has 128 valence electrons. The highest BCUT2D eigenvalue weighted by molar-refractivity contribution is 5.80. The number of nitrogens with zero attached hydrogens (tertiary/aromatic N) is 4. The smallest absolute Gasteiger partial charge is 0.245 e. The number of hydrogen-bond acceptors (Lipinski definition) is 5. The largest absolute Gasteiger partial charge is 0.354 e. The molecular weight excluding hydrogens is 304 g/mol. The van der Waals surface area contributed by atoms with Crippen LogP contribution in [0, 0.1) is 12.8 Å². The Kier molecular flexibility index (Phi) is 5.53. The number of nitrogens with one attached hydrogen (secondary N) is 2. The second-order valence-corrected chi connectivity index (χ2v) is 6.31.